The zero-order valence-electron chi connectivity index (χ0n) is 9.91. The Labute approximate surface area is 115 Å². The van der Waals surface area contributed by atoms with Crippen molar-refractivity contribution < 1.29 is 35.3 Å². The monoisotopic (exact) mass is 416 g/mol. The smallest absolute Gasteiger partial charge is 0.250 e. The molecule has 0 radical (unpaired) electrons. The van der Waals surface area contributed by atoms with Crippen molar-refractivity contribution >= 4 is 0 Å². The van der Waals surface area contributed by atoms with Crippen molar-refractivity contribution in [2.24, 2.45) is 0 Å². The summed E-state index contributed by atoms with van der Waals surface area (Å²) in [6, 6.07) is 7.26. The minimum atomic E-state index is -0.122. The largest absolute Gasteiger partial charge is 0.497 e. The van der Waals surface area contributed by atoms with E-state index in [0.29, 0.717) is 5.89 Å². The van der Waals surface area contributed by atoms with Crippen LogP contribution in [0.25, 0.3) is 11.5 Å². The van der Waals surface area contributed by atoms with E-state index >= 15 is 0 Å². The van der Waals surface area contributed by atoms with E-state index in [-0.39, 0.29) is 26.9 Å². The molecule has 0 aliphatic carbocycles. The molecule has 0 fully saturated rings. The first kappa shape index (κ1) is 15.7. The van der Waals surface area contributed by atoms with Crippen LogP contribution in [0.1, 0.15) is 13.8 Å². The number of methoxy groups -OCH3 is 1. The van der Waals surface area contributed by atoms with E-state index in [1.54, 1.807) is 13.2 Å². The summed E-state index contributed by atoms with van der Waals surface area (Å²) >= 11 is 0. The van der Waals surface area contributed by atoms with Gasteiger partial charge in [-0.25, -0.2) is 0 Å². The molecule has 0 aliphatic heterocycles. The van der Waals surface area contributed by atoms with E-state index in [4.69, 9.17) is 14.3 Å². The molecule has 0 unspecified atom stereocenters. The van der Waals surface area contributed by atoms with E-state index in [1.165, 1.54) is 6.26 Å². The number of benzene rings is 1. The Morgan fingerprint density at radius 2 is 2.00 bits per heavy atom. The molecule has 1 heterocycles. The second kappa shape index (κ2) is 7.91. The Kier molecular flexibility index (Phi) is 7.31. The zero-order chi connectivity index (χ0) is 12.0. The molecule has 5 heteroatoms. The molecular formula is C12H15NO3Pt. The van der Waals surface area contributed by atoms with Crippen LogP contribution in [-0.2, 0) is 21.1 Å². The van der Waals surface area contributed by atoms with Crippen LogP contribution in [0.2, 0.25) is 0 Å². The van der Waals surface area contributed by atoms with Crippen LogP contribution >= 0.6 is 0 Å². The van der Waals surface area contributed by atoms with Gasteiger partial charge in [0.25, 0.3) is 5.88 Å². The molecule has 4 nitrogen and oxygen atoms in total. The van der Waals surface area contributed by atoms with Gasteiger partial charge in [0.2, 0.25) is 5.89 Å². The molecule has 2 aromatic rings. The molecule has 0 aliphatic rings. The van der Waals surface area contributed by atoms with Gasteiger partial charge in [-0.3, -0.25) is 0 Å². The fraction of sp³-hybridized carbons (Fsp3) is 0.250. The molecular weight excluding hydrogens is 401 g/mol. The zero-order valence-corrected chi connectivity index (χ0v) is 12.2. The van der Waals surface area contributed by atoms with Crippen molar-refractivity contribution in [1.29, 1.82) is 0 Å². The van der Waals surface area contributed by atoms with Crippen molar-refractivity contribution in [2.75, 3.05) is 7.11 Å². The van der Waals surface area contributed by atoms with Crippen LogP contribution < -0.4 is 4.74 Å². The molecule has 0 spiro atoms. The van der Waals surface area contributed by atoms with Gasteiger partial charge < -0.3 is 14.3 Å². The summed E-state index contributed by atoms with van der Waals surface area (Å²) in [5.74, 6) is 0.976. The van der Waals surface area contributed by atoms with Gasteiger partial charge in [0, 0.05) is 26.6 Å². The third-order valence-electron chi connectivity index (χ3n) is 1.81. The Morgan fingerprint density at radius 3 is 2.53 bits per heavy atom. The van der Waals surface area contributed by atoms with Crippen molar-refractivity contribution in [3.8, 4) is 23.1 Å². The third kappa shape index (κ3) is 4.23. The van der Waals surface area contributed by atoms with E-state index < -0.39 is 0 Å². The minimum Gasteiger partial charge on any atom is -0.497 e. The Hall–Kier alpha value is -1.28. The Bertz CT molecular complexity index is 443. The average Bonchev–Trinajstić information content (AvgIpc) is 2.79. The maximum absolute atomic E-state index is 9.00. The molecule has 2 rings (SSSR count). The van der Waals surface area contributed by atoms with Gasteiger partial charge in [-0.15, -0.1) is 0 Å². The summed E-state index contributed by atoms with van der Waals surface area (Å²) in [7, 11) is 1.59. The number of aromatic nitrogens is 1. The normalized spacial score (nSPS) is 8.65. The number of hydrogen-bond acceptors (Lipinski definition) is 4. The Morgan fingerprint density at radius 1 is 1.29 bits per heavy atom. The standard InChI is InChI=1S/C10H9NO3.C2H6.Pt/c1-13-8-4-2-3-7(5-8)10-11-9(12)6-14-10;1-2;/h2-6,12H,1H3;1-2H3;. The molecule has 96 valence electrons. The number of aromatic hydroxyl groups is 1. The predicted molar refractivity (Wildman–Crippen MR) is 61.5 cm³/mol. The summed E-state index contributed by atoms with van der Waals surface area (Å²) in [4.78, 5) is 3.79. The number of ether oxygens (including phenoxy) is 1. The van der Waals surface area contributed by atoms with Crippen LogP contribution in [0.5, 0.6) is 11.6 Å². The molecule has 0 atom stereocenters. The first-order valence-electron chi connectivity index (χ1n) is 5.08. The molecule has 1 aromatic heterocycles. The number of oxazole rings is 1. The maximum atomic E-state index is 9.00. The number of hydrogen-bond donors (Lipinski definition) is 1. The van der Waals surface area contributed by atoms with Crippen molar-refractivity contribution in [2.45, 2.75) is 13.8 Å². The second-order valence-electron chi connectivity index (χ2n) is 2.74. The molecule has 0 bridgehead atoms. The number of rotatable bonds is 2. The third-order valence-corrected chi connectivity index (χ3v) is 1.81. The quantitative estimate of drug-likeness (QED) is 0.818. The van der Waals surface area contributed by atoms with Crippen molar-refractivity contribution in [3.63, 3.8) is 0 Å². The first-order chi connectivity index (χ1) is 7.79. The predicted octanol–water partition coefficient (Wildman–Crippen LogP) is 3.08. The molecule has 0 saturated heterocycles. The molecule has 1 aromatic carbocycles. The average molecular weight is 416 g/mol. The summed E-state index contributed by atoms with van der Waals surface area (Å²) in [5, 5.41) is 9.00. The molecule has 0 saturated carbocycles. The van der Waals surface area contributed by atoms with Crippen molar-refractivity contribution in [3.05, 3.63) is 30.5 Å². The van der Waals surface area contributed by atoms with Gasteiger partial charge in [0.05, 0.1) is 7.11 Å². The van der Waals surface area contributed by atoms with E-state index in [0.717, 1.165) is 11.3 Å². The van der Waals surface area contributed by atoms with Crippen LogP contribution in [0, 0.1) is 0 Å². The summed E-state index contributed by atoms with van der Waals surface area (Å²) in [5.41, 5.74) is 0.768. The van der Waals surface area contributed by atoms with E-state index in [1.807, 2.05) is 32.0 Å². The molecule has 1 N–H and O–H groups in total. The van der Waals surface area contributed by atoms with Crippen LogP contribution in [0.4, 0.5) is 0 Å². The van der Waals surface area contributed by atoms with E-state index in [9.17, 15) is 0 Å². The Balaban J connectivity index is 0.000000811. The summed E-state index contributed by atoms with van der Waals surface area (Å²) in [6.07, 6.45) is 1.19. The van der Waals surface area contributed by atoms with Crippen LogP contribution in [-0.4, -0.2) is 17.2 Å². The maximum Gasteiger partial charge on any atom is 0.250 e. The van der Waals surface area contributed by atoms with Crippen LogP contribution in [0.15, 0.2) is 34.9 Å². The topological polar surface area (TPSA) is 55.5 Å². The fourth-order valence-electron chi connectivity index (χ4n) is 1.15. The van der Waals surface area contributed by atoms with Gasteiger partial charge in [-0.1, -0.05) is 19.9 Å². The van der Waals surface area contributed by atoms with Gasteiger partial charge in [0.15, 0.2) is 6.26 Å². The second-order valence-corrected chi connectivity index (χ2v) is 2.74. The summed E-state index contributed by atoms with van der Waals surface area (Å²) < 4.78 is 10.1. The first-order valence-corrected chi connectivity index (χ1v) is 5.08. The van der Waals surface area contributed by atoms with E-state index in [2.05, 4.69) is 4.98 Å². The molecule has 0 amide bonds. The number of nitrogens with zero attached hydrogens (tertiary/aromatic N) is 1. The fourth-order valence-corrected chi connectivity index (χ4v) is 1.15. The molecule has 17 heavy (non-hydrogen) atoms. The minimum absolute atomic E-state index is 0. The summed E-state index contributed by atoms with van der Waals surface area (Å²) in [6.45, 7) is 4.00. The van der Waals surface area contributed by atoms with Gasteiger partial charge in [-0.2, -0.15) is 4.98 Å². The van der Waals surface area contributed by atoms with Crippen molar-refractivity contribution in [1.82, 2.24) is 4.98 Å². The van der Waals surface area contributed by atoms with Gasteiger partial charge >= 0.3 is 0 Å². The van der Waals surface area contributed by atoms with Crippen LogP contribution in [0.3, 0.4) is 0 Å². The van der Waals surface area contributed by atoms with Gasteiger partial charge in [-0.05, 0) is 18.2 Å². The SMILES string of the molecule is CC.COc1cccc(-c2nc(O)co2)c1.[Pt]. The van der Waals surface area contributed by atoms with Gasteiger partial charge in [0.1, 0.15) is 5.75 Å².